The van der Waals surface area contributed by atoms with Gasteiger partial charge in [-0.3, -0.25) is 0 Å². The van der Waals surface area contributed by atoms with Crippen molar-refractivity contribution >= 4 is 15.9 Å². The van der Waals surface area contributed by atoms with Crippen LogP contribution in [0.5, 0.6) is 5.88 Å². The number of nitrogens with zero attached hydrogens (tertiary/aromatic N) is 1. The Kier molecular flexibility index (Phi) is 3.19. The van der Waals surface area contributed by atoms with Crippen molar-refractivity contribution in [2.75, 3.05) is 7.11 Å². The number of pyridine rings is 1. The Morgan fingerprint density at radius 3 is 2.81 bits per heavy atom. The molecule has 1 heterocycles. The molecule has 0 bridgehead atoms. The van der Waals surface area contributed by atoms with E-state index < -0.39 is 0 Å². The minimum Gasteiger partial charge on any atom is -0.481 e. The lowest BCUT2D eigenvalue weighted by Crippen LogP contribution is -1.91. The minimum absolute atomic E-state index is 0.302. The van der Waals surface area contributed by atoms with Gasteiger partial charge in [0.15, 0.2) is 0 Å². The van der Waals surface area contributed by atoms with Gasteiger partial charge in [-0.25, -0.2) is 9.37 Å². The number of hydrogen-bond acceptors (Lipinski definition) is 2. The number of methoxy groups -OCH3 is 1. The Balaban J connectivity index is 2.53. The van der Waals surface area contributed by atoms with E-state index in [1.54, 1.807) is 30.3 Å². The smallest absolute Gasteiger partial charge is 0.213 e. The molecule has 0 N–H and O–H groups in total. The largest absolute Gasteiger partial charge is 0.481 e. The predicted octanol–water partition coefficient (Wildman–Crippen LogP) is 3.66. The van der Waals surface area contributed by atoms with Gasteiger partial charge in [0.2, 0.25) is 5.88 Å². The maximum atomic E-state index is 13.6. The molecule has 1 aromatic carbocycles. The third-order valence-corrected chi connectivity index (χ3v) is 2.63. The van der Waals surface area contributed by atoms with Gasteiger partial charge in [-0.15, -0.1) is 0 Å². The Bertz CT molecular complexity index is 516. The molecule has 0 fully saturated rings. The van der Waals surface area contributed by atoms with Crippen LogP contribution in [-0.4, -0.2) is 12.1 Å². The van der Waals surface area contributed by atoms with Crippen LogP contribution in [0.4, 0.5) is 4.39 Å². The van der Waals surface area contributed by atoms with Gasteiger partial charge in [0.05, 0.1) is 12.8 Å². The van der Waals surface area contributed by atoms with Gasteiger partial charge >= 0.3 is 0 Å². The number of rotatable bonds is 2. The predicted molar refractivity (Wildman–Crippen MR) is 63.9 cm³/mol. The maximum absolute atomic E-state index is 13.6. The van der Waals surface area contributed by atoms with Gasteiger partial charge in [0.1, 0.15) is 5.82 Å². The molecule has 0 aliphatic heterocycles. The molecule has 2 nitrogen and oxygen atoms in total. The number of ether oxygens (including phenoxy) is 1. The van der Waals surface area contributed by atoms with Crippen molar-refractivity contribution in [3.8, 4) is 17.1 Å². The lowest BCUT2D eigenvalue weighted by Gasteiger charge is -2.05. The summed E-state index contributed by atoms with van der Waals surface area (Å²) in [5.74, 6) is 0.167. The summed E-state index contributed by atoms with van der Waals surface area (Å²) in [5.41, 5.74) is 1.01. The zero-order valence-corrected chi connectivity index (χ0v) is 10.2. The van der Waals surface area contributed by atoms with E-state index in [0.717, 1.165) is 4.47 Å². The highest BCUT2D eigenvalue weighted by Crippen LogP contribution is 2.25. The van der Waals surface area contributed by atoms with E-state index in [4.69, 9.17) is 4.74 Å². The highest BCUT2D eigenvalue weighted by Gasteiger charge is 2.07. The SMILES string of the molecule is COc1cccc(-c2cc(Br)ccc2F)n1. The van der Waals surface area contributed by atoms with Crippen LogP contribution < -0.4 is 4.74 Å². The number of halogens is 2. The zero-order valence-electron chi connectivity index (χ0n) is 8.58. The summed E-state index contributed by atoms with van der Waals surface area (Å²) in [5, 5.41) is 0. The molecule has 0 radical (unpaired) electrons. The van der Waals surface area contributed by atoms with E-state index in [2.05, 4.69) is 20.9 Å². The Labute approximate surface area is 101 Å². The first-order valence-electron chi connectivity index (χ1n) is 4.67. The van der Waals surface area contributed by atoms with Crippen LogP contribution in [0.15, 0.2) is 40.9 Å². The first-order valence-corrected chi connectivity index (χ1v) is 5.46. The molecule has 0 atom stereocenters. The van der Waals surface area contributed by atoms with Gasteiger partial charge in [-0.2, -0.15) is 0 Å². The standard InChI is InChI=1S/C12H9BrFNO/c1-16-12-4-2-3-11(15-12)9-7-8(13)5-6-10(9)14/h2-7H,1H3. The summed E-state index contributed by atoms with van der Waals surface area (Å²) in [6.07, 6.45) is 0. The fourth-order valence-electron chi connectivity index (χ4n) is 1.37. The molecule has 0 saturated heterocycles. The van der Waals surface area contributed by atoms with Crippen LogP contribution in [0.3, 0.4) is 0 Å². The average molecular weight is 282 g/mol. The van der Waals surface area contributed by atoms with Crippen LogP contribution in [0.1, 0.15) is 0 Å². The van der Waals surface area contributed by atoms with Gasteiger partial charge in [-0.05, 0) is 24.3 Å². The van der Waals surface area contributed by atoms with Gasteiger partial charge in [-0.1, -0.05) is 22.0 Å². The summed E-state index contributed by atoms with van der Waals surface area (Å²) in [6.45, 7) is 0. The number of hydrogen-bond donors (Lipinski definition) is 0. The normalized spacial score (nSPS) is 10.2. The first-order chi connectivity index (χ1) is 7.70. The molecule has 0 amide bonds. The lowest BCUT2D eigenvalue weighted by molar-refractivity contribution is 0.398. The fraction of sp³-hybridized carbons (Fsp3) is 0.0833. The Morgan fingerprint density at radius 1 is 1.25 bits per heavy atom. The second-order valence-corrected chi connectivity index (χ2v) is 4.11. The zero-order chi connectivity index (χ0) is 11.5. The molecule has 82 valence electrons. The molecule has 0 aliphatic carbocycles. The van der Waals surface area contributed by atoms with Crippen molar-refractivity contribution in [3.05, 3.63) is 46.7 Å². The van der Waals surface area contributed by atoms with E-state index in [1.807, 2.05) is 0 Å². The number of aromatic nitrogens is 1. The van der Waals surface area contributed by atoms with E-state index in [9.17, 15) is 4.39 Å². The molecule has 1 aromatic heterocycles. The van der Waals surface area contributed by atoms with Gasteiger partial charge in [0.25, 0.3) is 0 Å². The van der Waals surface area contributed by atoms with Crippen LogP contribution in [0.25, 0.3) is 11.3 Å². The molecular formula is C12H9BrFNO. The minimum atomic E-state index is -0.302. The topological polar surface area (TPSA) is 22.1 Å². The van der Waals surface area contributed by atoms with Crippen molar-refractivity contribution in [1.82, 2.24) is 4.98 Å². The van der Waals surface area contributed by atoms with E-state index in [1.165, 1.54) is 13.2 Å². The van der Waals surface area contributed by atoms with E-state index in [-0.39, 0.29) is 5.82 Å². The van der Waals surface area contributed by atoms with Gasteiger partial charge < -0.3 is 4.74 Å². The molecule has 0 spiro atoms. The molecule has 2 rings (SSSR count). The number of benzene rings is 1. The second kappa shape index (κ2) is 4.61. The highest BCUT2D eigenvalue weighted by molar-refractivity contribution is 9.10. The Hall–Kier alpha value is -1.42. The Morgan fingerprint density at radius 2 is 2.06 bits per heavy atom. The van der Waals surface area contributed by atoms with Crippen molar-refractivity contribution in [2.24, 2.45) is 0 Å². The second-order valence-electron chi connectivity index (χ2n) is 3.19. The van der Waals surface area contributed by atoms with Crippen molar-refractivity contribution in [2.45, 2.75) is 0 Å². The molecule has 2 aromatic rings. The van der Waals surface area contributed by atoms with Crippen molar-refractivity contribution < 1.29 is 9.13 Å². The maximum Gasteiger partial charge on any atom is 0.213 e. The molecule has 0 aliphatic rings. The van der Waals surface area contributed by atoms with Crippen LogP contribution in [0, 0.1) is 5.82 Å². The third-order valence-electron chi connectivity index (χ3n) is 2.14. The van der Waals surface area contributed by atoms with E-state index >= 15 is 0 Å². The fourth-order valence-corrected chi connectivity index (χ4v) is 1.73. The molecule has 4 heteroatoms. The van der Waals surface area contributed by atoms with Crippen LogP contribution >= 0.6 is 15.9 Å². The quantitative estimate of drug-likeness (QED) is 0.838. The van der Waals surface area contributed by atoms with Crippen molar-refractivity contribution in [1.29, 1.82) is 0 Å². The molecular weight excluding hydrogens is 273 g/mol. The summed E-state index contributed by atoms with van der Waals surface area (Å²) in [7, 11) is 1.53. The summed E-state index contributed by atoms with van der Waals surface area (Å²) in [6, 6.07) is 9.99. The monoisotopic (exact) mass is 281 g/mol. The van der Waals surface area contributed by atoms with Gasteiger partial charge in [0, 0.05) is 16.1 Å². The highest BCUT2D eigenvalue weighted by atomic mass is 79.9. The summed E-state index contributed by atoms with van der Waals surface area (Å²) >= 11 is 3.30. The molecule has 0 unspecified atom stereocenters. The average Bonchev–Trinajstić information content (AvgIpc) is 2.32. The van der Waals surface area contributed by atoms with E-state index in [0.29, 0.717) is 17.1 Å². The first kappa shape index (κ1) is 11.1. The van der Waals surface area contributed by atoms with Crippen LogP contribution in [0.2, 0.25) is 0 Å². The molecule has 16 heavy (non-hydrogen) atoms. The van der Waals surface area contributed by atoms with Crippen LogP contribution in [-0.2, 0) is 0 Å². The summed E-state index contributed by atoms with van der Waals surface area (Å²) in [4.78, 5) is 4.18. The summed E-state index contributed by atoms with van der Waals surface area (Å²) < 4.78 is 19.4. The molecule has 0 saturated carbocycles. The third kappa shape index (κ3) is 2.22. The van der Waals surface area contributed by atoms with Crippen molar-refractivity contribution in [3.63, 3.8) is 0 Å². The lowest BCUT2D eigenvalue weighted by atomic mass is 10.1.